The van der Waals surface area contributed by atoms with Gasteiger partial charge in [0.05, 0.1) is 16.8 Å². The molecule has 0 spiro atoms. The molecule has 5 nitrogen and oxygen atoms in total. The van der Waals surface area contributed by atoms with Crippen LogP contribution in [0.25, 0.3) is 10.2 Å². The van der Waals surface area contributed by atoms with Crippen molar-refractivity contribution in [1.29, 1.82) is 0 Å². The van der Waals surface area contributed by atoms with Crippen molar-refractivity contribution in [3.05, 3.63) is 52.5 Å². The van der Waals surface area contributed by atoms with Gasteiger partial charge in [-0.1, -0.05) is 38.3 Å². The van der Waals surface area contributed by atoms with Crippen LogP contribution in [0.2, 0.25) is 5.02 Å². The van der Waals surface area contributed by atoms with Crippen LogP contribution >= 0.6 is 22.9 Å². The second-order valence-electron chi connectivity index (χ2n) is 9.52. The molecular formula is C25H28ClN3O2S. The maximum absolute atomic E-state index is 13.9. The minimum absolute atomic E-state index is 0.102. The highest BCUT2D eigenvalue weighted by atomic mass is 35.5. The average Bonchev–Trinajstić information content (AvgIpc) is 3.35. The summed E-state index contributed by atoms with van der Waals surface area (Å²) in [6.07, 6.45) is 3.29. The second kappa shape index (κ2) is 7.92. The molecule has 0 bridgehead atoms. The van der Waals surface area contributed by atoms with Crippen LogP contribution in [-0.4, -0.2) is 28.0 Å². The van der Waals surface area contributed by atoms with E-state index in [0.29, 0.717) is 34.8 Å². The van der Waals surface area contributed by atoms with E-state index in [2.05, 4.69) is 19.2 Å². The Morgan fingerprint density at radius 2 is 1.94 bits per heavy atom. The molecule has 7 heteroatoms. The van der Waals surface area contributed by atoms with Gasteiger partial charge in [-0.15, -0.1) is 11.3 Å². The van der Waals surface area contributed by atoms with E-state index in [0.717, 1.165) is 23.1 Å². The molecule has 0 unspecified atom stereocenters. The molecule has 4 atom stereocenters. The monoisotopic (exact) mass is 469 g/mol. The SMILES string of the molecule is C[C@H]1[C@H](C)CCC[C@@H]1NC(=O)[C@]1(C)Cn2c(cc3sccc32)C(=O)N1c1ccc(Cl)cc1. The summed E-state index contributed by atoms with van der Waals surface area (Å²) in [4.78, 5) is 29.4. The van der Waals surface area contributed by atoms with Crippen LogP contribution in [0.1, 0.15) is 50.5 Å². The summed E-state index contributed by atoms with van der Waals surface area (Å²) >= 11 is 7.72. The Bertz CT molecular complexity index is 1180. The van der Waals surface area contributed by atoms with Crippen molar-refractivity contribution >= 4 is 50.7 Å². The van der Waals surface area contributed by atoms with Gasteiger partial charge in [-0.25, -0.2) is 0 Å². The van der Waals surface area contributed by atoms with Crippen molar-refractivity contribution in [2.24, 2.45) is 11.8 Å². The molecule has 3 aromatic rings. The smallest absolute Gasteiger partial charge is 0.275 e. The zero-order valence-electron chi connectivity index (χ0n) is 18.6. The van der Waals surface area contributed by atoms with E-state index in [-0.39, 0.29) is 17.9 Å². The highest BCUT2D eigenvalue weighted by molar-refractivity contribution is 7.17. The predicted octanol–water partition coefficient (Wildman–Crippen LogP) is 5.72. The summed E-state index contributed by atoms with van der Waals surface area (Å²) < 4.78 is 3.07. The summed E-state index contributed by atoms with van der Waals surface area (Å²) in [7, 11) is 0. The molecule has 2 aliphatic rings. The number of carbonyl (C=O) groups excluding carboxylic acids is 2. The van der Waals surface area contributed by atoms with Gasteiger partial charge < -0.3 is 9.88 Å². The fourth-order valence-corrected chi connectivity index (χ4v) is 6.27. The number of rotatable bonds is 3. The number of carbonyl (C=O) groups is 2. The Balaban J connectivity index is 1.57. The largest absolute Gasteiger partial charge is 0.351 e. The van der Waals surface area contributed by atoms with Crippen LogP contribution < -0.4 is 10.2 Å². The van der Waals surface area contributed by atoms with Crippen molar-refractivity contribution in [2.75, 3.05) is 4.90 Å². The van der Waals surface area contributed by atoms with E-state index in [1.165, 1.54) is 6.42 Å². The normalized spacial score (nSPS) is 28.1. The minimum Gasteiger partial charge on any atom is -0.351 e. The maximum atomic E-state index is 13.9. The third kappa shape index (κ3) is 3.35. The number of halogens is 1. The summed E-state index contributed by atoms with van der Waals surface area (Å²) in [5, 5.41) is 5.96. The fourth-order valence-electron chi connectivity index (χ4n) is 5.32. The molecule has 1 aliphatic carbocycles. The van der Waals surface area contributed by atoms with Crippen molar-refractivity contribution < 1.29 is 9.59 Å². The van der Waals surface area contributed by atoms with Crippen molar-refractivity contribution in [2.45, 2.75) is 58.2 Å². The van der Waals surface area contributed by atoms with E-state index in [1.807, 2.05) is 41.1 Å². The molecule has 3 heterocycles. The van der Waals surface area contributed by atoms with Crippen LogP contribution in [0.3, 0.4) is 0 Å². The first-order chi connectivity index (χ1) is 15.3. The van der Waals surface area contributed by atoms with Gasteiger partial charge in [-0.3, -0.25) is 14.5 Å². The lowest BCUT2D eigenvalue weighted by Gasteiger charge is -2.45. The number of nitrogens with one attached hydrogen (secondary N) is 1. The Hall–Kier alpha value is -2.31. The number of hydrogen-bond donors (Lipinski definition) is 1. The first-order valence-corrected chi connectivity index (χ1v) is 12.5. The van der Waals surface area contributed by atoms with Gasteiger partial charge >= 0.3 is 0 Å². The van der Waals surface area contributed by atoms with Crippen LogP contribution in [0.5, 0.6) is 0 Å². The Labute approximate surface area is 197 Å². The molecule has 5 rings (SSSR count). The number of anilines is 1. The van der Waals surface area contributed by atoms with Crippen molar-refractivity contribution in [3.63, 3.8) is 0 Å². The molecule has 0 radical (unpaired) electrons. The maximum Gasteiger partial charge on any atom is 0.275 e. The number of fused-ring (bicyclic) bond motifs is 3. The van der Waals surface area contributed by atoms with E-state index >= 15 is 0 Å². The molecule has 0 saturated heterocycles. The lowest BCUT2D eigenvalue weighted by Crippen LogP contribution is -2.66. The van der Waals surface area contributed by atoms with Gasteiger partial charge in [0.1, 0.15) is 11.2 Å². The summed E-state index contributed by atoms with van der Waals surface area (Å²) in [6, 6.07) is 11.2. The average molecular weight is 470 g/mol. The van der Waals surface area contributed by atoms with E-state index in [1.54, 1.807) is 28.4 Å². The topological polar surface area (TPSA) is 54.3 Å². The van der Waals surface area contributed by atoms with Crippen LogP contribution in [-0.2, 0) is 11.3 Å². The highest BCUT2D eigenvalue weighted by Gasteiger charge is 2.49. The van der Waals surface area contributed by atoms with Gasteiger partial charge in [-0.2, -0.15) is 0 Å². The van der Waals surface area contributed by atoms with Crippen LogP contribution in [0.4, 0.5) is 5.69 Å². The Morgan fingerprint density at radius 1 is 1.19 bits per heavy atom. The summed E-state index contributed by atoms with van der Waals surface area (Å²) in [6.45, 7) is 6.76. The third-order valence-electron chi connectivity index (χ3n) is 7.50. The summed E-state index contributed by atoms with van der Waals surface area (Å²) in [5.74, 6) is 0.716. The van der Waals surface area contributed by atoms with Gasteiger partial charge in [-0.05, 0) is 67.0 Å². The molecular weight excluding hydrogens is 442 g/mol. The molecule has 1 N–H and O–H groups in total. The highest BCUT2D eigenvalue weighted by Crippen LogP contribution is 2.38. The van der Waals surface area contributed by atoms with E-state index in [9.17, 15) is 9.59 Å². The standard InChI is InChI=1S/C25H28ClN3O2S/c1-15-5-4-6-19(16(15)2)27-24(31)25(3)14-28-20-11-12-32-22(20)13-21(28)23(30)29(25)18-9-7-17(26)8-10-18/h7-13,15-16,19H,4-6,14H2,1-3H3,(H,27,31)/t15-,16+,19+,25+/m1/s1. The third-order valence-corrected chi connectivity index (χ3v) is 8.61. The van der Waals surface area contributed by atoms with Gasteiger partial charge in [0.25, 0.3) is 5.91 Å². The fraction of sp³-hybridized carbons (Fsp3) is 0.440. The molecule has 1 aromatic carbocycles. The lowest BCUT2D eigenvalue weighted by molar-refractivity contribution is -0.128. The van der Waals surface area contributed by atoms with Crippen LogP contribution in [0.15, 0.2) is 41.8 Å². The lowest BCUT2D eigenvalue weighted by atomic mass is 9.77. The van der Waals surface area contributed by atoms with E-state index in [4.69, 9.17) is 11.6 Å². The number of nitrogens with zero attached hydrogens (tertiary/aromatic N) is 2. The van der Waals surface area contributed by atoms with Crippen molar-refractivity contribution in [3.8, 4) is 0 Å². The first kappa shape index (κ1) is 21.5. The predicted molar refractivity (Wildman–Crippen MR) is 131 cm³/mol. The number of hydrogen-bond acceptors (Lipinski definition) is 3. The molecule has 168 valence electrons. The quantitative estimate of drug-likeness (QED) is 0.533. The second-order valence-corrected chi connectivity index (χ2v) is 10.9. The minimum atomic E-state index is -1.06. The van der Waals surface area contributed by atoms with Crippen molar-refractivity contribution in [1.82, 2.24) is 9.88 Å². The number of thiophene rings is 1. The molecule has 2 aromatic heterocycles. The number of benzene rings is 1. The zero-order valence-corrected chi connectivity index (χ0v) is 20.2. The van der Waals surface area contributed by atoms with Gasteiger partial charge in [0.15, 0.2) is 0 Å². The first-order valence-electron chi connectivity index (χ1n) is 11.3. The summed E-state index contributed by atoms with van der Waals surface area (Å²) in [5.41, 5.74) is 1.24. The van der Waals surface area contributed by atoms with Gasteiger partial charge in [0, 0.05) is 16.8 Å². The molecule has 32 heavy (non-hydrogen) atoms. The molecule has 1 aliphatic heterocycles. The molecule has 1 fully saturated rings. The van der Waals surface area contributed by atoms with Gasteiger partial charge in [0.2, 0.25) is 5.91 Å². The van der Waals surface area contributed by atoms with E-state index < -0.39 is 5.54 Å². The zero-order chi connectivity index (χ0) is 22.6. The Morgan fingerprint density at radius 3 is 2.69 bits per heavy atom. The molecule has 2 amide bonds. The molecule has 1 saturated carbocycles. The van der Waals surface area contributed by atoms with Crippen LogP contribution in [0, 0.1) is 11.8 Å². The number of amides is 2. The number of aromatic nitrogens is 1. The Kier molecular flexibility index (Phi) is 5.33.